The van der Waals surface area contributed by atoms with Crippen molar-refractivity contribution in [3.8, 4) is 0 Å². The largest absolute Gasteiger partial charge is 0.451 e. The fraction of sp³-hybridized carbons (Fsp3) is 0.474. The van der Waals surface area contributed by atoms with Crippen LogP contribution in [0.25, 0.3) is 0 Å². The van der Waals surface area contributed by atoms with Gasteiger partial charge in [0.1, 0.15) is 12.1 Å². The van der Waals surface area contributed by atoms with Crippen LogP contribution in [0.2, 0.25) is 0 Å². The van der Waals surface area contributed by atoms with Gasteiger partial charge in [-0.15, -0.1) is 0 Å². The van der Waals surface area contributed by atoms with Gasteiger partial charge in [0.25, 0.3) is 11.8 Å². The van der Waals surface area contributed by atoms with Gasteiger partial charge in [0.2, 0.25) is 0 Å². The monoisotopic (exact) mass is 375 g/mol. The molecule has 0 unspecified atom stereocenters. The van der Waals surface area contributed by atoms with Crippen molar-refractivity contribution in [2.75, 3.05) is 6.54 Å². The number of rotatable bonds is 8. The number of benzene rings is 1. The van der Waals surface area contributed by atoms with Gasteiger partial charge in [0.15, 0.2) is 6.10 Å². The number of carbonyl (C=O) groups excluding carboxylic acids is 4. The molecule has 2 rings (SSSR count). The van der Waals surface area contributed by atoms with Crippen LogP contribution in [0.15, 0.2) is 30.3 Å². The first kappa shape index (κ1) is 20.4. The van der Waals surface area contributed by atoms with Crippen LogP contribution in [0.3, 0.4) is 0 Å². The maximum absolute atomic E-state index is 12.5. The van der Waals surface area contributed by atoms with Gasteiger partial charge in [-0.3, -0.25) is 19.3 Å². The highest BCUT2D eigenvalue weighted by atomic mass is 16.5. The number of carbonyl (C=O) groups is 4. The Labute approximate surface area is 158 Å². The lowest BCUT2D eigenvalue weighted by atomic mass is 9.93. The minimum Gasteiger partial charge on any atom is -0.451 e. The standard InChI is InChI=1S/C19H25N3O5/c1-4-19(5-2)17(25)22(18(26)21-19)12-15(23)27-13(3)16(24)20-11-14-9-7-6-8-10-14/h6-10,13H,4-5,11-12H2,1-3H3,(H,20,24)(H,21,26)/t13-/m0/s1. The summed E-state index contributed by atoms with van der Waals surface area (Å²) in [6.07, 6.45) is -0.181. The zero-order valence-corrected chi connectivity index (χ0v) is 15.8. The van der Waals surface area contributed by atoms with Crippen molar-refractivity contribution < 1.29 is 23.9 Å². The van der Waals surface area contributed by atoms with E-state index in [4.69, 9.17) is 4.74 Å². The van der Waals surface area contributed by atoms with Gasteiger partial charge in [-0.1, -0.05) is 44.2 Å². The second-order valence-electron chi connectivity index (χ2n) is 6.45. The average Bonchev–Trinajstić information content (AvgIpc) is 2.91. The van der Waals surface area contributed by atoms with E-state index >= 15 is 0 Å². The Kier molecular flexibility index (Phi) is 6.55. The van der Waals surface area contributed by atoms with Gasteiger partial charge in [0.05, 0.1) is 0 Å². The van der Waals surface area contributed by atoms with Crippen molar-refractivity contribution in [2.24, 2.45) is 0 Å². The molecule has 4 amide bonds. The first-order chi connectivity index (χ1) is 12.8. The van der Waals surface area contributed by atoms with Gasteiger partial charge < -0.3 is 15.4 Å². The van der Waals surface area contributed by atoms with Crippen LogP contribution in [0.1, 0.15) is 39.2 Å². The van der Waals surface area contributed by atoms with Crippen molar-refractivity contribution in [1.82, 2.24) is 15.5 Å². The van der Waals surface area contributed by atoms with Gasteiger partial charge in [-0.25, -0.2) is 4.79 Å². The van der Waals surface area contributed by atoms with Gasteiger partial charge in [0, 0.05) is 6.54 Å². The first-order valence-corrected chi connectivity index (χ1v) is 8.98. The summed E-state index contributed by atoms with van der Waals surface area (Å²) >= 11 is 0. The molecule has 146 valence electrons. The maximum atomic E-state index is 12.5. The van der Waals surface area contributed by atoms with E-state index in [1.807, 2.05) is 30.3 Å². The van der Waals surface area contributed by atoms with E-state index in [1.165, 1.54) is 6.92 Å². The molecule has 1 aromatic carbocycles. The third-order valence-corrected chi connectivity index (χ3v) is 4.73. The third kappa shape index (κ3) is 4.64. The molecule has 1 saturated heterocycles. The molecule has 1 atom stereocenters. The molecule has 2 N–H and O–H groups in total. The Morgan fingerprint density at radius 2 is 1.81 bits per heavy atom. The predicted octanol–water partition coefficient (Wildman–Crippen LogP) is 1.35. The molecule has 1 aliphatic heterocycles. The lowest BCUT2D eigenvalue weighted by molar-refractivity contribution is -0.156. The molecular weight excluding hydrogens is 350 g/mol. The molecule has 0 saturated carbocycles. The fourth-order valence-electron chi connectivity index (χ4n) is 2.89. The molecule has 0 aliphatic carbocycles. The molecule has 1 fully saturated rings. The van der Waals surface area contributed by atoms with Crippen molar-refractivity contribution in [3.63, 3.8) is 0 Å². The van der Waals surface area contributed by atoms with Crippen LogP contribution in [-0.2, 0) is 25.7 Å². The smallest absolute Gasteiger partial charge is 0.327 e. The number of urea groups is 1. The Morgan fingerprint density at radius 3 is 2.37 bits per heavy atom. The van der Waals surface area contributed by atoms with E-state index in [0.717, 1.165) is 10.5 Å². The quantitative estimate of drug-likeness (QED) is 0.527. The number of hydrogen-bond donors (Lipinski definition) is 2. The zero-order valence-electron chi connectivity index (χ0n) is 15.8. The summed E-state index contributed by atoms with van der Waals surface area (Å²) < 4.78 is 5.07. The summed E-state index contributed by atoms with van der Waals surface area (Å²) in [5.74, 6) is -1.72. The van der Waals surface area contributed by atoms with Crippen molar-refractivity contribution in [2.45, 2.75) is 51.8 Å². The summed E-state index contributed by atoms with van der Waals surface area (Å²) in [6.45, 7) is 4.81. The van der Waals surface area contributed by atoms with Crippen LogP contribution < -0.4 is 10.6 Å². The molecule has 0 radical (unpaired) electrons. The minimum atomic E-state index is -1.04. The van der Waals surface area contributed by atoms with E-state index in [9.17, 15) is 19.2 Å². The van der Waals surface area contributed by atoms with Crippen molar-refractivity contribution >= 4 is 23.8 Å². The van der Waals surface area contributed by atoms with Crippen LogP contribution in [0.4, 0.5) is 4.79 Å². The summed E-state index contributed by atoms with van der Waals surface area (Å²) in [5.41, 5.74) is -0.0602. The number of ether oxygens (including phenoxy) is 1. The van der Waals surface area contributed by atoms with E-state index in [1.54, 1.807) is 13.8 Å². The lowest BCUT2D eigenvalue weighted by Gasteiger charge is -2.23. The summed E-state index contributed by atoms with van der Waals surface area (Å²) in [7, 11) is 0. The van der Waals surface area contributed by atoms with Crippen LogP contribution in [-0.4, -0.2) is 46.9 Å². The molecule has 8 nitrogen and oxygen atoms in total. The Hall–Kier alpha value is -2.90. The second kappa shape index (κ2) is 8.66. The predicted molar refractivity (Wildman–Crippen MR) is 97.4 cm³/mol. The number of hydrogen-bond acceptors (Lipinski definition) is 5. The summed E-state index contributed by atoms with van der Waals surface area (Å²) in [4.78, 5) is 49.5. The van der Waals surface area contributed by atoms with Gasteiger partial charge in [-0.2, -0.15) is 0 Å². The third-order valence-electron chi connectivity index (χ3n) is 4.73. The van der Waals surface area contributed by atoms with Crippen LogP contribution in [0.5, 0.6) is 0 Å². The summed E-state index contributed by atoms with van der Waals surface area (Å²) in [5, 5.41) is 5.31. The molecule has 1 heterocycles. The van der Waals surface area contributed by atoms with Gasteiger partial charge >= 0.3 is 12.0 Å². The van der Waals surface area contributed by atoms with Crippen molar-refractivity contribution in [3.05, 3.63) is 35.9 Å². The fourth-order valence-corrected chi connectivity index (χ4v) is 2.89. The molecule has 0 bridgehead atoms. The number of nitrogens with one attached hydrogen (secondary N) is 2. The molecule has 27 heavy (non-hydrogen) atoms. The van der Waals surface area contributed by atoms with E-state index in [2.05, 4.69) is 10.6 Å². The molecule has 1 aromatic rings. The van der Waals surface area contributed by atoms with Crippen LogP contribution in [0, 0.1) is 0 Å². The topological polar surface area (TPSA) is 105 Å². The molecule has 0 aromatic heterocycles. The second-order valence-corrected chi connectivity index (χ2v) is 6.45. The van der Waals surface area contributed by atoms with E-state index in [-0.39, 0.29) is 0 Å². The molecule has 0 spiro atoms. The lowest BCUT2D eigenvalue weighted by Crippen LogP contribution is -2.46. The number of nitrogens with zero attached hydrogens (tertiary/aromatic N) is 1. The number of esters is 1. The summed E-state index contributed by atoms with van der Waals surface area (Å²) in [6, 6.07) is 8.69. The van der Waals surface area contributed by atoms with E-state index in [0.29, 0.717) is 19.4 Å². The Morgan fingerprint density at radius 1 is 1.19 bits per heavy atom. The highest BCUT2D eigenvalue weighted by Gasteiger charge is 2.49. The van der Waals surface area contributed by atoms with E-state index < -0.39 is 42.0 Å². The molecule has 1 aliphatic rings. The first-order valence-electron chi connectivity index (χ1n) is 8.98. The highest BCUT2D eigenvalue weighted by Crippen LogP contribution is 2.24. The minimum absolute atomic E-state index is 0.310. The molecule has 8 heteroatoms. The number of amides is 4. The zero-order chi connectivity index (χ0) is 20.0. The maximum Gasteiger partial charge on any atom is 0.327 e. The van der Waals surface area contributed by atoms with Crippen LogP contribution >= 0.6 is 0 Å². The normalized spacial score (nSPS) is 16.6. The Balaban J connectivity index is 1.86. The van der Waals surface area contributed by atoms with Gasteiger partial charge in [-0.05, 0) is 25.3 Å². The SMILES string of the molecule is CCC1(CC)NC(=O)N(CC(=O)O[C@@H](C)C(=O)NCc2ccccc2)C1=O. The van der Waals surface area contributed by atoms with Crippen molar-refractivity contribution in [1.29, 1.82) is 0 Å². The average molecular weight is 375 g/mol. The number of imide groups is 1. The highest BCUT2D eigenvalue weighted by molar-refractivity contribution is 6.08. The Bertz CT molecular complexity index is 715. The molecular formula is C19H25N3O5.